The summed E-state index contributed by atoms with van der Waals surface area (Å²) in [7, 11) is 0. The quantitative estimate of drug-likeness (QED) is 0.347. The van der Waals surface area contributed by atoms with Gasteiger partial charge in [0.25, 0.3) is 0 Å². The van der Waals surface area contributed by atoms with Crippen LogP contribution in [0.3, 0.4) is 0 Å². The average Bonchev–Trinajstić information content (AvgIpc) is 3.37. The minimum absolute atomic E-state index is 0.215. The first kappa shape index (κ1) is 21.8. The molecular formula is C23H24N2O4Se. The Morgan fingerprint density at radius 1 is 1.17 bits per heavy atom. The summed E-state index contributed by atoms with van der Waals surface area (Å²) in [5.74, 6) is -0.978. The monoisotopic (exact) mass is 472 g/mol. The third-order valence-electron chi connectivity index (χ3n) is 4.81. The maximum absolute atomic E-state index is 11.8. The number of unbranched alkanes of at least 4 members (excludes halogenated alkanes) is 1. The normalized spacial score (nSPS) is 11.6. The standard InChI is InChI=1S/C23H24N2O4Se/c1-2-3-6-21-24-14-19(12-18(23(28)29)13-20-5-4-11-30-20)25(21)15-16-7-9-17(10-8-16)22(26)27/h4-5,7-12,14H,2-3,6,13,15H2,1H3,(H,26,27)(H,28,29)/b18-12+. The molecule has 1 aromatic carbocycles. The van der Waals surface area contributed by atoms with E-state index in [4.69, 9.17) is 5.11 Å². The van der Waals surface area contributed by atoms with Crippen molar-refractivity contribution in [1.82, 2.24) is 9.55 Å². The van der Waals surface area contributed by atoms with Crippen molar-refractivity contribution in [3.8, 4) is 0 Å². The van der Waals surface area contributed by atoms with E-state index in [0.717, 1.165) is 40.8 Å². The molecule has 0 aliphatic carbocycles. The molecule has 2 heterocycles. The van der Waals surface area contributed by atoms with E-state index < -0.39 is 11.9 Å². The second kappa shape index (κ2) is 10.2. The summed E-state index contributed by atoms with van der Waals surface area (Å²) >= 11 is 0.215. The topological polar surface area (TPSA) is 92.4 Å². The van der Waals surface area contributed by atoms with Crippen LogP contribution >= 0.6 is 0 Å². The zero-order chi connectivity index (χ0) is 21.5. The van der Waals surface area contributed by atoms with Gasteiger partial charge >= 0.3 is 171 Å². The Hall–Kier alpha value is -2.89. The number of carbonyl (C=O) groups is 2. The van der Waals surface area contributed by atoms with E-state index in [-0.39, 0.29) is 20.1 Å². The van der Waals surface area contributed by atoms with Crippen molar-refractivity contribution in [3.05, 3.63) is 80.2 Å². The molecule has 6 nitrogen and oxygen atoms in total. The number of rotatable bonds is 10. The predicted molar refractivity (Wildman–Crippen MR) is 116 cm³/mol. The van der Waals surface area contributed by atoms with Crippen LogP contribution in [0, 0.1) is 0 Å². The molecule has 0 spiro atoms. The van der Waals surface area contributed by atoms with Gasteiger partial charge in [-0.3, -0.25) is 0 Å². The van der Waals surface area contributed by atoms with Crippen LogP contribution in [-0.4, -0.2) is 46.2 Å². The van der Waals surface area contributed by atoms with E-state index in [1.165, 1.54) is 0 Å². The van der Waals surface area contributed by atoms with Crippen LogP contribution in [0.15, 0.2) is 53.1 Å². The zero-order valence-electron chi connectivity index (χ0n) is 16.7. The molecule has 7 heteroatoms. The average molecular weight is 471 g/mol. The van der Waals surface area contributed by atoms with Crippen LogP contribution in [0.2, 0.25) is 0 Å². The van der Waals surface area contributed by atoms with Gasteiger partial charge < -0.3 is 5.11 Å². The Labute approximate surface area is 181 Å². The Bertz CT molecular complexity index is 1030. The summed E-state index contributed by atoms with van der Waals surface area (Å²) in [5, 5.41) is 18.8. The van der Waals surface area contributed by atoms with E-state index in [1.54, 1.807) is 36.5 Å². The van der Waals surface area contributed by atoms with Gasteiger partial charge in [-0.05, 0) is 0 Å². The Morgan fingerprint density at radius 2 is 1.93 bits per heavy atom. The van der Waals surface area contributed by atoms with Gasteiger partial charge in [0.05, 0.1) is 0 Å². The van der Waals surface area contributed by atoms with E-state index in [1.807, 2.05) is 16.7 Å². The molecule has 2 N–H and O–H groups in total. The summed E-state index contributed by atoms with van der Waals surface area (Å²) in [5.41, 5.74) is 2.27. The maximum atomic E-state index is 11.8. The van der Waals surface area contributed by atoms with Crippen molar-refractivity contribution in [2.45, 2.75) is 39.2 Å². The molecule has 156 valence electrons. The Kier molecular flexibility index (Phi) is 7.44. The molecule has 3 rings (SSSR count). The van der Waals surface area contributed by atoms with Crippen molar-refractivity contribution in [2.75, 3.05) is 0 Å². The summed E-state index contributed by atoms with van der Waals surface area (Å²) in [6, 6.07) is 10.7. The Balaban J connectivity index is 1.94. The molecule has 0 aliphatic heterocycles. The number of benzene rings is 1. The number of hydrogen-bond donors (Lipinski definition) is 2. The molecule has 0 unspecified atom stereocenters. The van der Waals surface area contributed by atoms with Crippen LogP contribution < -0.4 is 0 Å². The fraction of sp³-hybridized carbons (Fsp3) is 0.261. The van der Waals surface area contributed by atoms with Crippen molar-refractivity contribution in [3.63, 3.8) is 0 Å². The fourth-order valence-electron chi connectivity index (χ4n) is 3.16. The fourth-order valence-corrected chi connectivity index (χ4v) is 4.69. The van der Waals surface area contributed by atoms with Crippen molar-refractivity contribution < 1.29 is 19.8 Å². The molecular weight excluding hydrogens is 447 g/mol. The number of aromatic carboxylic acids is 1. The SMILES string of the molecule is CCCCc1ncc(/C=C(\Cc2ccc[se]2)C(=O)O)n1Cc1ccc(C(=O)O)cc1. The Morgan fingerprint density at radius 3 is 2.53 bits per heavy atom. The molecule has 30 heavy (non-hydrogen) atoms. The van der Waals surface area contributed by atoms with Gasteiger partial charge in [0, 0.05) is 0 Å². The van der Waals surface area contributed by atoms with E-state index in [9.17, 15) is 14.7 Å². The van der Waals surface area contributed by atoms with Gasteiger partial charge in [-0.25, -0.2) is 4.79 Å². The van der Waals surface area contributed by atoms with Gasteiger partial charge in [0.15, 0.2) is 0 Å². The van der Waals surface area contributed by atoms with Crippen molar-refractivity contribution in [1.29, 1.82) is 0 Å². The third kappa shape index (κ3) is 5.59. The summed E-state index contributed by atoms with van der Waals surface area (Å²) < 4.78 is 3.17. The number of aliphatic carboxylic acids is 1. The van der Waals surface area contributed by atoms with Gasteiger partial charge in [-0.15, -0.1) is 0 Å². The van der Waals surface area contributed by atoms with Crippen LogP contribution in [0.5, 0.6) is 0 Å². The molecule has 0 atom stereocenters. The molecule has 0 fully saturated rings. The summed E-state index contributed by atoms with van der Waals surface area (Å²) in [6.45, 7) is 2.62. The van der Waals surface area contributed by atoms with Crippen LogP contribution in [0.1, 0.15) is 51.6 Å². The third-order valence-corrected chi connectivity index (χ3v) is 6.64. The summed E-state index contributed by atoms with van der Waals surface area (Å²) in [4.78, 5) is 29.6. The van der Waals surface area contributed by atoms with Crippen LogP contribution in [0.4, 0.5) is 0 Å². The molecule has 0 saturated heterocycles. The molecule has 0 radical (unpaired) electrons. The summed E-state index contributed by atoms with van der Waals surface area (Å²) in [6.07, 6.45) is 6.70. The van der Waals surface area contributed by atoms with Crippen molar-refractivity contribution in [2.24, 2.45) is 0 Å². The second-order valence-corrected chi connectivity index (χ2v) is 9.19. The number of carboxylic acids is 2. The predicted octanol–water partition coefficient (Wildman–Crippen LogP) is 3.74. The molecule has 0 bridgehead atoms. The molecule has 0 saturated carbocycles. The number of aromatic nitrogens is 2. The number of imidazole rings is 1. The number of hydrogen-bond acceptors (Lipinski definition) is 3. The first-order valence-corrected chi connectivity index (χ1v) is 11.7. The van der Waals surface area contributed by atoms with Gasteiger partial charge in [0.1, 0.15) is 0 Å². The second-order valence-electron chi connectivity index (χ2n) is 7.02. The number of carboxylic acid groups (broad SMARTS) is 2. The van der Waals surface area contributed by atoms with Gasteiger partial charge in [0.2, 0.25) is 0 Å². The molecule has 2 aromatic heterocycles. The first-order chi connectivity index (χ1) is 14.5. The van der Waals surface area contributed by atoms with Crippen LogP contribution in [-0.2, 0) is 24.2 Å². The minimum atomic E-state index is -0.958. The number of aryl methyl sites for hydroxylation is 1. The van der Waals surface area contributed by atoms with Gasteiger partial charge in [-0.1, -0.05) is 0 Å². The van der Waals surface area contributed by atoms with E-state index in [2.05, 4.69) is 16.8 Å². The van der Waals surface area contributed by atoms with Gasteiger partial charge in [-0.2, -0.15) is 0 Å². The van der Waals surface area contributed by atoms with E-state index in [0.29, 0.717) is 18.5 Å². The van der Waals surface area contributed by atoms with Crippen LogP contribution in [0.25, 0.3) is 6.08 Å². The molecule has 0 aliphatic rings. The molecule has 0 amide bonds. The van der Waals surface area contributed by atoms with E-state index >= 15 is 0 Å². The van der Waals surface area contributed by atoms with Crippen molar-refractivity contribution >= 4 is 32.5 Å². The number of nitrogens with zero attached hydrogens (tertiary/aromatic N) is 2. The first-order valence-electron chi connectivity index (χ1n) is 9.80. The zero-order valence-corrected chi connectivity index (χ0v) is 18.5. The molecule has 3 aromatic rings.